The summed E-state index contributed by atoms with van der Waals surface area (Å²) in [6, 6.07) is 0.431. The zero-order valence-corrected chi connectivity index (χ0v) is 10.8. The second-order valence-electron chi connectivity index (χ2n) is 5.11. The van der Waals surface area contributed by atoms with E-state index in [1.54, 1.807) is 0 Å². The molecule has 0 radical (unpaired) electrons. The highest BCUT2D eigenvalue weighted by molar-refractivity contribution is 5.71. The van der Waals surface area contributed by atoms with Crippen molar-refractivity contribution in [3.8, 4) is 0 Å². The van der Waals surface area contributed by atoms with E-state index in [0.29, 0.717) is 12.6 Å². The molecule has 1 rings (SSSR count). The van der Waals surface area contributed by atoms with Crippen LogP contribution in [0.25, 0.3) is 0 Å². The minimum atomic E-state index is -0.141. The molecule has 0 bridgehead atoms. The van der Waals surface area contributed by atoms with Gasteiger partial charge in [-0.1, -0.05) is 19.3 Å². The topological polar surface area (TPSA) is 38.3 Å². The average Bonchev–Trinajstić information content (AvgIpc) is 2.26. The SMILES string of the molecule is CC(C)OC(=O)CNC(C)C1CCCCC1. The highest BCUT2D eigenvalue weighted by Crippen LogP contribution is 2.26. The molecule has 1 unspecified atom stereocenters. The highest BCUT2D eigenvalue weighted by Gasteiger charge is 2.20. The third-order valence-electron chi connectivity index (χ3n) is 3.29. The van der Waals surface area contributed by atoms with E-state index in [-0.39, 0.29) is 12.1 Å². The summed E-state index contributed by atoms with van der Waals surface area (Å²) in [4.78, 5) is 11.4. The van der Waals surface area contributed by atoms with E-state index in [2.05, 4.69) is 12.2 Å². The van der Waals surface area contributed by atoms with Crippen LogP contribution in [-0.4, -0.2) is 24.7 Å². The normalized spacial score (nSPS) is 19.8. The Morgan fingerprint density at radius 3 is 2.44 bits per heavy atom. The van der Waals surface area contributed by atoms with Crippen LogP contribution in [0.2, 0.25) is 0 Å². The van der Waals surface area contributed by atoms with Crippen LogP contribution in [0.3, 0.4) is 0 Å². The number of ether oxygens (including phenoxy) is 1. The van der Waals surface area contributed by atoms with Crippen LogP contribution in [0.4, 0.5) is 0 Å². The third kappa shape index (κ3) is 4.97. The van der Waals surface area contributed by atoms with Crippen molar-refractivity contribution < 1.29 is 9.53 Å². The predicted molar refractivity (Wildman–Crippen MR) is 65.3 cm³/mol. The first-order valence-corrected chi connectivity index (χ1v) is 6.52. The van der Waals surface area contributed by atoms with Crippen molar-refractivity contribution in [1.29, 1.82) is 0 Å². The molecule has 1 saturated carbocycles. The smallest absolute Gasteiger partial charge is 0.320 e. The van der Waals surface area contributed by atoms with Gasteiger partial charge in [-0.15, -0.1) is 0 Å². The number of hydrogen-bond donors (Lipinski definition) is 1. The summed E-state index contributed by atoms with van der Waals surface area (Å²) in [5, 5.41) is 3.28. The molecule has 0 saturated heterocycles. The van der Waals surface area contributed by atoms with Gasteiger partial charge in [-0.2, -0.15) is 0 Å². The summed E-state index contributed by atoms with van der Waals surface area (Å²) in [7, 11) is 0. The second kappa shape index (κ2) is 6.89. The molecule has 0 aromatic rings. The fourth-order valence-electron chi connectivity index (χ4n) is 2.35. The first-order valence-electron chi connectivity index (χ1n) is 6.52. The summed E-state index contributed by atoms with van der Waals surface area (Å²) in [6.45, 7) is 6.28. The molecule has 0 aliphatic heterocycles. The number of hydrogen-bond acceptors (Lipinski definition) is 3. The van der Waals surface area contributed by atoms with Gasteiger partial charge in [0, 0.05) is 6.04 Å². The van der Waals surface area contributed by atoms with E-state index in [9.17, 15) is 4.79 Å². The Hall–Kier alpha value is -0.570. The van der Waals surface area contributed by atoms with Crippen molar-refractivity contribution in [3.05, 3.63) is 0 Å². The van der Waals surface area contributed by atoms with Crippen molar-refractivity contribution in [2.24, 2.45) is 5.92 Å². The summed E-state index contributed by atoms with van der Waals surface area (Å²) in [5.41, 5.74) is 0. The van der Waals surface area contributed by atoms with Crippen molar-refractivity contribution >= 4 is 5.97 Å². The van der Waals surface area contributed by atoms with E-state index in [1.165, 1.54) is 32.1 Å². The molecule has 1 aliphatic carbocycles. The van der Waals surface area contributed by atoms with Gasteiger partial charge >= 0.3 is 5.97 Å². The van der Waals surface area contributed by atoms with E-state index < -0.39 is 0 Å². The Morgan fingerprint density at radius 1 is 1.25 bits per heavy atom. The number of esters is 1. The molecule has 1 fully saturated rings. The van der Waals surface area contributed by atoms with Gasteiger partial charge in [0.1, 0.15) is 0 Å². The van der Waals surface area contributed by atoms with Gasteiger partial charge in [-0.25, -0.2) is 0 Å². The van der Waals surface area contributed by atoms with E-state index in [0.717, 1.165) is 5.92 Å². The van der Waals surface area contributed by atoms with E-state index in [1.807, 2.05) is 13.8 Å². The lowest BCUT2D eigenvalue weighted by Gasteiger charge is -2.28. The van der Waals surface area contributed by atoms with Gasteiger partial charge in [0.05, 0.1) is 12.6 Å². The van der Waals surface area contributed by atoms with Gasteiger partial charge in [0.15, 0.2) is 0 Å². The third-order valence-corrected chi connectivity index (χ3v) is 3.29. The largest absolute Gasteiger partial charge is 0.462 e. The predicted octanol–water partition coefficient (Wildman–Crippen LogP) is 2.50. The first-order chi connectivity index (χ1) is 7.59. The lowest BCUT2D eigenvalue weighted by molar-refractivity contribution is -0.146. The Bertz CT molecular complexity index is 210. The molecule has 0 heterocycles. The molecule has 0 aromatic heterocycles. The maximum absolute atomic E-state index is 11.4. The lowest BCUT2D eigenvalue weighted by Crippen LogP contribution is -2.38. The second-order valence-corrected chi connectivity index (χ2v) is 5.11. The number of carbonyl (C=O) groups is 1. The van der Waals surface area contributed by atoms with Crippen LogP contribution in [0.5, 0.6) is 0 Å². The molecule has 16 heavy (non-hydrogen) atoms. The minimum Gasteiger partial charge on any atom is -0.462 e. The minimum absolute atomic E-state index is 0.0145. The van der Waals surface area contributed by atoms with E-state index >= 15 is 0 Å². The van der Waals surface area contributed by atoms with Gasteiger partial charge in [0.2, 0.25) is 0 Å². The molecule has 3 nitrogen and oxygen atoms in total. The van der Waals surface area contributed by atoms with Crippen LogP contribution >= 0.6 is 0 Å². The van der Waals surface area contributed by atoms with Gasteiger partial charge in [-0.05, 0) is 39.5 Å². The maximum atomic E-state index is 11.4. The summed E-state index contributed by atoms with van der Waals surface area (Å²) < 4.78 is 5.09. The van der Waals surface area contributed by atoms with Crippen LogP contribution in [0.15, 0.2) is 0 Å². The summed E-state index contributed by atoms with van der Waals surface area (Å²) in [6.07, 6.45) is 6.64. The Morgan fingerprint density at radius 2 is 1.88 bits per heavy atom. The Kier molecular flexibility index (Phi) is 5.81. The van der Waals surface area contributed by atoms with E-state index in [4.69, 9.17) is 4.74 Å². The zero-order valence-electron chi connectivity index (χ0n) is 10.8. The molecule has 0 spiro atoms. The highest BCUT2D eigenvalue weighted by atomic mass is 16.5. The first kappa shape index (κ1) is 13.5. The van der Waals surface area contributed by atoms with Crippen molar-refractivity contribution in [3.63, 3.8) is 0 Å². The molecule has 0 aromatic carbocycles. The van der Waals surface area contributed by atoms with Gasteiger partial charge in [0.25, 0.3) is 0 Å². The number of carbonyl (C=O) groups excluding carboxylic acids is 1. The van der Waals surface area contributed by atoms with Crippen LogP contribution in [0, 0.1) is 5.92 Å². The maximum Gasteiger partial charge on any atom is 0.320 e. The molecule has 1 atom stereocenters. The molecular formula is C13H25NO2. The van der Waals surface area contributed by atoms with Gasteiger partial charge in [-0.3, -0.25) is 4.79 Å². The Balaban J connectivity index is 2.18. The van der Waals surface area contributed by atoms with Crippen molar-refractivity contribution in [1.82, 2.24) is 5.32 Å². The lowest BCUT2D eigenvalue weighted by atomic mass is 9.84. The average molecular weight is 227 g/mol. The molecule has 94 valence electrons. The number of rotatable bonds is 5. The number of nitrogens with one attached hydrogen (secondary N) is 1. The fourth-order valence-corrected chi connectivity index (χ4v) is 2.35. The zero-order chi connectivity index (χ0) is 12.0. The summed E-state index contributed by atoms with van der Waals surface area (Å²) in [5.74, 6) is 0.596. The van der Waals surface area contributed by atoms with Crippen LogP contribution in [-0.2, 0) is 9.53 Å². The summed E-state index contributed by atoms with van der Waals surface area (Å²) >= 11 is 0. The molecular weight excluding hydrogens is 202 g/mol. The molecule has 1 aliphatic rings. The van der Waals surface area contributed by atoms with Crippen molar-refractivity contribution in [2.45, 2.75) is 65.0 Å². The standard InChI is InChI=1S/C13H25NO2/c1-10(2)16-13(15)9-14-11(3)12-7-5-4-6-8-12/h10-12,14H,4-9H2,1-3H3. The Labute approximate surface area is 98.9 Å². The molecule has 3 heteroatoms. The quantitative estimate of drug-likeness (QED) is 0.733. The molecule has 1 N–H and O–H groups in total. The van der Waals surface area contributed by atoms with Gasteiger partial charge < -0.3 is 10.1 Å². The monoisotopic (exact) mass is 227 g/mol. The van der Waals surface area contributed by atoms with Crippen molar-refractivity contribution in [2.75, 3.05) is 6.54 Å². The fraction of sp³-hybridized carbons (Fsp3) is 0.923. The van der Waals surface area contributed by atoms with Crippen LogP contribution < -0.4 is 5.32 Å². The van der Waals surface area contributed by atoms with Crippen LogP contribution in [0.1, 0.15) is 52.9 Å². The molecule has 0 amide bonds.